The molecule has 0 aliphatic carbocycles. The first-order valence-corrected chi connectivity index (χ1v) is 7.12. The van der Waals surface area contributed by atoms with Crippen LogP contribution in [0.3, 0.4) is 0 Å². The summed E-state index contributed by atoms with van der Waals surface area (Å²) in [5.74, 6) is 1.11. The monoisotopic (exact) mass is 340 g/mol. The molecule has 4 rings (SSSR count). The normalized spacial score (nSPS) is 11.1. The molecule has 0 amide bonds. The molecule has 0 saturated carbocycles. The Morgan fingerprint density at radius 3 is 2.95 bits per heavy atom. The van der Waals surface area contributed by atoms with Gasteiger partial charge in [0, 0.05) is 12.4 Å². The van der Waals surface area contributed by atoms with Crippen molar-refractivity contribution in [1.82, 2.24) is 19.6 Å². The molecule has 0 saturated heterocycles. The van der Waals surface area contributed by atoms with Crippen LogP contribution in [0.15, 0.2) is 59.6 Å². The molecular formula is C15H9BrN4O. The summed E-state index contributed by atoms with van der Waals surface area (Å²) in [6.45, 7) is 0. The molecule has 0 atom stereocenters. The largest absolute Gasteiger partial charge is 0.435 e. The predicted molar refractivity (Wildman–Crippen MR) is 82.5 cm³/mol. The van der Waals surface area contributed by atoms with E-state index in [2.05, 4.69) is 37.2 Å². The van der Waals surface area contributed by atoms with Gasteiger partial charge in [0.2, 0.25) is 5.65 Å². The summed E-state index contributed by atoms with van der Waals surface area (Å²) in [6, 6.07) is 12.0. The maximum absolute atomic E-state index is 5.91. The zero-order valence-corrected chi connectivity index (χ0v) is 12.4. The van der Waals surface area contributed by atoms with Crippen LogP contribution in [0.4, 0.5) is 0 Å². The highest BCUT2D eigenvalue weighted by Gasteiger charge is 2.11. The second kappa shape index (κ2) is 4.82. The van der Waals surface area contributed by atoms with Crippen LogP contribution in [0.1, 0.15) is 0 Å². The summed E-state index contributed by atoms with van der Waals surface area (Å²) >= 11 is 3.60. The van der Waals surface area contributed by atoms with Crippen molar-refractivity contribution in [1.29, 1.82) is 0 Å². The Balaban J connectivity index is 1.84. The van der Waals surface area contributed by atoms with Crippen molar-refractivity contribution in [3.05, 3.63) is 59.6 Å². The number of nitrogens with zero attached hydrogens (tertiary/aromatic N) is 4. The van der Waals surface area contributed by atoms with Crippen LogP contribution in [0.25, 0.3) is 16.4 Å². The van der Waals surface area contributed by atoms with E-state index in [4.69, 9.17) is 4.74 Å². The highest BCUT2D eigenvalue weighted by atomic mass is 79.9. The minimum atomic E-state index is 0.422. The summed E-state index contributed by atoms with van der Waals surface area (Å²) in [7, 11) is 0. The van der Waals surface area contributed by atoms with Gasteiger partial charge < -0.3 is 4.74 Å². The van der Waals surface area contributed by atoms with Crippen molar-refractivity contribution in [2.45, 2.75) is 0 Å². The molecular weight excluding hydrogens is 332 g/mol. The van der Waals surface area contributed by atoms with Crippen LogP contribution in [-0.2, 0) is 0 Å². The number of fused-ring (bicyclic) bond motifs is 2. The van der Waals surface area contributed by atoms with E-state index in [1.807, 2.05) is 30.3 Å². The fourth-order valence-corrected chi connectivity index (χ4v) is 2.78. The third kappa shape index (κ3) is 2.04. The lowest BCUT2D eigenvalue weighted by Gasteiger charge is -2.09. The van der Waals surface area contributed by atoms with E-state index in [1.165, 1.54) is 0 Å². The third-order valence-corrected chi connectivity index (χ3v) is 4.04. The highest BCUT2D eigenvalue weighted by Crippen LogP contribution is 2.35. The van der Waals surface area contributed by atoms with Crippen molar-refractivity contribution >= 4 is 32.3 Å². The van der Waals surface area contributed by atoms with Crippen LogP contribution in [0, 0.1) is 0 Å². The van der Waals surface area contributed by atoms with Gasteiger partial charge in [0.25, 0.3) is 5.88 Å². The molecule has 0 aliphatic heterocycles. The first-order valence-electron chi connectivity index (χ1n) is 6.32. The van der Waals surface area contributed by atoms with Gasteiger partial charge in [-0.1, -0.05) is 30.3 Å². The topological polar surface area (TPSA) is 52.3 Å². The average Bonchev–Trinajstić information content (AvgIpc) is 3.00. The average molecular weight is 341 g/mol. The van der Waals surface area contributed by atoms with Gasteiger partial charge in [-0.25, -0.2) is 4.98 Å². The molecule has 0 fully saturated rings. The zero-order valence-electron chi connectivity index (χ0n) is 10.8. The highest BCUT2D eigenvalue weighted by molar-refractivity contribution is 9.10. The summed E-state index contributed by atoms with van der Waals surface area (Å²) < 4.78 is 8.56. The van der Waals surface area contributed by atoms with Crippen molar-refractivity contribution in [2.75, 3.05) is 0 Å². The van der Waals surface area contributed by atoms with E-state index in [9.17, 15) is 0 Å². The van der Waals surface area contributed by atoms with Crippen LogP contribution in [-0.4, -0.2) is 19.6 Å². The van der Waals surface area contributed by atoms with Crippen molar-refractivity contribution < 1.29 is 4.74 Å². The Hall–Kier alpha value is -2.47. The first-order chi connectivity index (χ1) is 10.3. The fraction of sp³-hybridized carbons (Fsp3) is 0. The Labute approximate surface area is 128 Å². The van der Waals surface area contributed by atoms with E-state index >= 15 is 0 Å². The van der Waals surface area contributed by atoms with Crippen molar-refractivity contribution in [3.8, 4) is 11.6 Å². The molecule has 0 spiro atoms. The zero-order chi connectivity index (χ0) is 14.2. The van der Waals surface area contributed by atoms with Crippen LogP contribution in [0.5, 0.6) is 11.6 Å². The van der Waals surface area contributed by atoms with Gasteiger partial charge >= 0.3 is 0 Å². The van der Waals surface area contributed by atoms with Gasteiger partial charge in [-0.3, -0.25) is 4.40 Å². The number of benzene rings is 2. The molecule has 0 unspecified atom stereocenters. The molecule has 2 heterocycles. The number of hydrogen-bond donors (Lipinski definition) is 0. The molecule has 0 aliphatic rings. The first kappa shape index (κ1) is 12.3. The minimum absolute atomic E-state index is 0.422. The maximum atomic E-state index is 5.91. The lowest BCUT2D eigenvalue weighted by atomic mass is 10.1. The van der Waals surface area contributed by atoms with E-state index in [-0.39, 0.29) is 0 Å². The summed E-state index contributed by atoms with van der Waals surface area (Å²) in [5.41, 5.74) is 0.581. The standard InChI is InChI=1S/C15H9BrN4O/c16-13-11-4-2-1-3-10(11)5-6-12(13)21-15-14-19-18-9-20(14)8-7-17-15/h1-9H. The summed E-state index contributed by atoms with van der Waals surface area (Å²) in [6.07, 6.45) is 5.04. The number of aromatic nitrogens is 4. The van der Waals surface area contributed by atoms with Crippen LogP contribution >= 0.6 is 15.9 Å². The van der Waals surface area contributed by atoms with Gasteiger partial charge in [0.1, 0.15) is 12.1 Å². The molecule has 0 radical (unpaired) electrons. The second-order valence-corrected chi connectivity index (χ2v) is 5.29. The number of halogens is 1. The van der Waals surface area contributed by atoms with Crippen LogP contribution in [0.2, 0.25) is 0 Å². The summed E-state index contributed by atoms with van der Waals surface area (Å²) in [4.78, 5) is 4.23. The Bertz CT molecular complexity index is 951. The van der Waals surface area contributed by atoms with E-state index in [1.54, 1.807) is 23.1 Å². The molecule has 4 aromatic rings. The molecule has 5 nitrogen and oxygen atoms in total. The SMILES string of the molecule is Brc1c(Oc2nccn3cnnc23)ccc2ccccc12. The lowest BCUT2D eigenvalue weighted by Crippen LogP contribution is -1.94. The second-order valence-electron chi connectivity index (χ2n) is 4.50. The van der Waals surface area contributed by atoms with Crippen molar-refractivity contribution in [3.63, 3.8) is 0 Å². The quantitative estimate of drug-likeness (QED) is 0.556. The fourth-order valence-electron chi connectivity index (χ4n) is 2.20. The third-order valence-electron chi connectivity index (χ3n) is 3.22. The molecule has 102 valence electrons. The van der Waals surface area contributed by atoms with E-state index in [0.29, 0.717) is 17.3 Å². The van der Waals surface area contributed by atoms with E-state index < -0.39 is 0 Å². The molecule has 2 aromatic carbocycles. The lowest BCUT2D eigenvalue weighted by molar-refractivity contribution is 0.463. The number of hydrogen-bond acceptors (Lipinski definition) is 4. The Morgan fingerprint density at radius 2 is 2.00 bits per heavy atom. The minimum Gasteiger partial charge on any atom is -0.435 e. The van der Waals surface area contributed by atoms with Gasteiger partial charge in [0.15, 0.2) is 0 Å². The van der Waals surface area contributed by atoms with Gasteiger partial charge in [-0.15, -0.1) is 10.2 Å². The predicted octanol–water partition coefficient (Wildman–Crippen LogP) is 3.83. The molecule has 2 aromatic heterocycles. The van der Waals surface area contributed by atoms with Gasteiger partial charge in [-0.2, -0.15) is 0 Å². The van der Waals surface area contributed by atoms with Gasteiger partial charge in [0.05, 0.1) is 4.47 Å². The summed E-state index contributed by atoms with van der Waals surface area (Å²) in [5, 5.41) is 10.1. The Morgan fingerprint density at radius 1 is 1.10 bits per heavy atom. The molecule has 6 heteroatoms. The van der Waals surface area contributed by atoms with Crippen molar-refractivity contribution in [2.24, 2.45) is 0 Å². The smallest absolute Gasteiger partial charge is 0.265 e. The molecule has 21 heavy (non-hydrogen) atoms. The van der Waals surface area contributed by atoms with Crippen LogP contribution < -0.4 is 4.74 Å². The molecule has 0 bridgehead atoms. The molecule has 0 N–H and O–H groups in total. The van der Waals surface area contributed by atoms with Gasteiger partial charge in [-0.05, 0) is 32.8 Å². The van der Waals surface area contributed by atoms with E-state index in [0.717, 1.165) is 15.2 Å². The number of rotatable bonds is 2. The number of ether oxygens (including phenoxy) is 1. The Kier molecular flexibility index (Phi) is 2.82. The maximum Gasteiger partial charge on any atom is 0.265 e.